The summed E-state index contributed by atoms with van der Waals surface area (Å²) in [6, 6.07) is 0. The molecule has 0 heterocycles. The maximum atomic E-state index is 14.2. The second-order valence-corrected chi connectivity index (χ2v) is 9.13. The molecular formula is C20H28FNO. The second-order valence-electron chi connectivity index (χ2n) is 9.13. The van der Waals surface area contributed by atoms with Gasteiger partial charge >= 0.3 is 0 Å². The molecule has 126 valence electrons. The first-order valence-corrected chi connectivity index (χ1v) is 9.19. The third-order valence-electron chi connectivity index (χ3n) is 8.18. The highest BCUT2D eigenvalue weighted by Crippen LogP contribution is 2.66. The zero-order valence-electron chi connectivity index (χ0n) is 14.3. The van der Waals surface area contributed by atoms with Gasteiger partial charge in [0.05, 0.1) is 0 Å². The van der Waals surface area contributed by atoms with Crippen LogP contribution in [0.5, 0.6) is 0 Å². The highest BCUT2D eigenvalue weighted by atomic mass is 19.1. The Morgan fingerprint density at radius 2 is 1.96 bits per heavy atom. The van der Waals surface area contributed by atoms with Gasteiger partial charge in [0.15, 0.2) is 12.0 Å². The van der Waals surface area contributed by atoms with E-state index in [0.717, 1.165) is 44.2 Å². The Balaban J connectivity index is 1.71. The second kappa shape index (κ2) is 4.77. The van der Waals surface area contributed by atoms with Gasteiger partial charge in [-0.25, -0.2) is 4.39 Å². The standard InChI is InChI=1S/C20H28FNO/c1-11-8-13-14(19(2)6-4-12(22)9-15(11)19)5-7-20(3)16(13)10-17(21)18(20)23/h13-17,22H,1,4-10H2,2-3H3/t13?,14?,15-,16?,17-,19-,20+/m1/s1. The monoisotopic (exact) mass is 317 g/mol. The Hall–Kier alpha value is -0.990. The van der Waals surface area contributed by atoms with Crippen molar-refractivity contribution in [3.05, 3.63) is 12.2 Å². The van der Waals surface area contributed by atoms with E-state index in [2.05, 4.69) is 13.5 Å². The predicted molar refractivity (Wildman–Crippen MR) is 89.3 cm³/mol. The molecule has 4 fully saturated rings. The van der Waals surface area contributed by atoms with E-state index in [4.69, 9.17) is 5.41 Å². The van der Waals surface area contributed by atoms with Crippen LogP contribution in [0.3, 0.4) is 0 Å². The molecule has 2 nitrogen and oxygen atoms in total. The number of nitrogens with one attached hydrogen (secondary N) is 1. The first-order valence-electron chi connectivity index (χ1n) is 9.19. The topological polar surface area (TPSA) is 40.9 Å². The minimum atomic E-state index is -1.25. The van der Waals surface area contributed by atoms with E-state index >= 15 is 0 Å². The third kappa shape index (κ3) is 1.91. The molecule has 0 radical (unpaired) electrons. The molecule has 4 rings (SSSR count). The molecule has 0 bridgehead atoms. The van der Waals surface area contributed by atoms with Gasteiger partial charge in [-0.1, -0.05) is 26.0 Å². The molecule has 23 heavy (non-hydrogen) atoms. The normalized spacial score (nSPS) is 52.8. The van der Waals surface area contributed by atoms with Gasteiger partial charge < -0.3 is 5.41 Å². The SMILES string of the molecule is C=C1CC2C3C[C@@H](F)C(=O)[C@@]3(C)CCC2[C@@]2(C)CCC(=N)C[C@H]12. The van der Waals surface area contributed by atoms with Gasteiger partial charge in [0.1, 0.15) is 0 Å². The molecule has 4 saturated carbocycles. The van der Waals surface area contributed by atoms with E-state index in [9.17, 15) is 9.18 Å². The van der Waals surface area contributed by atoms with Gasteiger partial charge in [-0.05, 0) is 74.0 Å². The van der Waals surface area contributed by atoms with Crippen molar-refractivity contribution in [3.8, 4) is 0 Å². The summed E-state index contributed by atoms with van der Waals surface area (Å²) in [5, 5.41) is 8.09. The molecule has 1 N–H and O–H groups in total. The Labute approximate surface area is 138 Å². The minimum absolute atomic E-state index is 0.135. The average Bonchev–Trinajstić information content (AvgIpc) is 2.73. The van der Waals surface area contributed by atoms with Crippen molar-refractivity contribution in [2.24, 2.45) is 34.5 Å². The molecule has 4 aliphatic carbocycles. The fraction of sp³-hybridized carbons (Fsp3) is 0.800. The summed E-state index contributed by atoms with van der Waals surface area (Å²) in [5.41, 5.74) is 1.89. The van der Waals surface area contributed by atoms with Crippen molar-refractivity contribution in [3.63, 3.8) is 0 Å². The Morgan fingerprint density at radius 3 is 2.70 bits per heavy atom. The lowest BCUT2D eigenvalue weighted by atomic mass is 9.44. The van der Waals surface area contributed by atoms with Crippen LogP contribution in [0.25, 0.3) is 0 Å². The summed E-state index contributed by atoms with van der Waals surface area (Å²) < 4.78 is 14.2. The van der Waals surface area contributed by atoms with Gasteiger partial charge in [0.25, 0.3) is 0 Å². The van der Waals surface area contributed by atoms with Crippen molar-refractivity contribution in [1.82, 2.24) is 0 Å². The smallest absolute Gasteiger partial charge is 0.173 e. The number of carbonyl (C=O) groups is 1. The molecule has 3 unspecified atom stereocenters. The summed E-state index contributed by atoms with van der Waals surface area (Å²) in [6.45, 7) is 8.77. The Kier molecular flexibility index (Phi) is 3.22. The van der Waals surface area contributed by atoms with E-state index in [1.807, 2.05) is 6.92 Å². The molecule has 7 atom stereocenters. The molecule has 0 amide bonds. The summed E-state index contributed by atoms with van der Waals surface area (Å²) in [4.78, 5) is 12.4. The van der Waals surface area contributed by atoms with E-state index in [1.54, 1.807) is 0 Å². The van der Waals surface area contributed by atoms with Gasteiger partial charge in [0, 0.05) is 11.1 Å². The molecule has 0 aromatic rings. The van der Waals surface area contributed by atoms with E-state index < -0.39 is 11.6 Å². The van der Waals surface area contributed by atoms with Crippen LogP contribution in [0, 0.1) is 39.9 Å². The van der Waals surface area contributed by atoms with Crippen LogP contribution in [0.15, 0.2) is 12.2 Å². The fourth-order valence-electron chi connectivity index (χ4n) is 6.82. The number of rotatable bonds is 0. The summed E-state index contributed by atoms with van der Waals surface area (Å²) in [6.07, 6.45) is 4.85. The molecule has 0 spiro atoms. The van der Waals surface area contributed by atoms with E-state index in [-0.39, 0.29) is 17.1 Å². The van der Waals surface area contributed by atoms with Crippen molar-refractivity contribution >= 4 is 11.5 Å². The maximum Gasteiger partial charge on any atom is 0.173 e. The quantitative estimate of drug-likeness (QED) is 0.645. The van der Waals surface area contributed by atoms with Crippen molar-refractivity contribution in [2.45, 2.75) is 65.0 Å². The minimum Gasteiger partial charge on any atom is -0.310 e. The number of hydrogen-bond donors (Lipinski definition) is 1. The van der Waals surface area contributed by atoms with Crippen LogP contribution in [0.4, 0.5) is 4.39 Å². The van der Waals surface area contributed by atoms with E-state index in [1.165, 1.54) is 5.57 Å². The van der Waals surface area contributed by atoms with Crippen LogP contribution in [-0.4, -0.2) is 17.7 Å². The first kappa shape index (κ1) is 15.5. The lowest BCUT2D eigenvalue weighted by Gasteiger charge is -2.60. The van der Waals surface area contributed by atoms with Crippen molar-refractivity contribution in [2.75, 3.05) is 0 Å². The highest BCUT2D eigenvalue weighted by molar-refractivity contribution is 5.91. The number of alkyl halides is 1. The van der Waals surface area contributed by atoms with Crippen LogP contribution in [0.2, 0.25) is 0 Å². The Morgan fingerprint density at radius 1 is 1.22 bits per heavy atom. The molecule has 0 saturated heterocycles. The molecule has 0 aromatic heterocycles. The van der Waals surface area contributed by atoms with Crippen LogP contribution in [-0.2, 0) is 4.79 Å². The van der Waals surface area contributed by atoms with Gasteiger partial charge in [0.2, 0.25) is 0 Å². The number of fused-ring (bicyclic) bond motifs is 5. The summed E-state index contributed by atoms with van der Waals surface area (Å²) >= 11 is 0. The van der Waals surface area contributed by atoms with Crippen LogP contribution < -0.4 is 0 Å². The van der Waals surface area contributed by atoms with E-state index in [0.29, 0.717) is 24.2 Å². The Bertz CT molecular complexity index is 598. The average molecular weight is 317 g/mol. The van der Waals surface area contributed by atoms with Crippen LogP contribution >= 0.6 is 0 Å². The van der Waals surface area contributed by atoms with Crippen molar-refractivity contribution < 1.29 is 9.18 Å². The number of carbonyl (C=O) groups excluding carboxylic acids is 1. The molecular weight excluding hydrogens is 289 g/mol. The van der Waals surface area contributed by atoms with Crippen molar-refractivity contribution in [1.29, 1.82) is 5.41 Å². The molecule has 3 heteroatoms. The fourth-order valence-corrected chi connectivity index (χ4v) is 6.82. The zero-order chi connectivity index (χ0) is 16.6. The highest BCUT2D eigenvalue weighted by Gasteiger charge is 2.63. The lowest BCUT2D eigenvalue weighted by molar-refractivity contribution is -0.136. The van der Waals surface area contributed by atoms with Crippen LogP contribution in [0.1, 0.15) is 58.8 Å². The number of ketones is 1. The maximum absolute atomic E-state index is 14.2. The predicted octanol–water partition coefficient (Wildman–Crippen LogP) is 4.73. The number of hydrogen-bond acceptors (Lipinski definition) is 2. The first-order chi connectivity index (χ1) is 10.8. The van der Waals surface area contributed by atoms with Gasteiger partial charge in [-0.2, -0.15) is 0 Å². The zero-order valence-corrected chi connectivity index (χ0v) is 14.3. The number of halogens is 1. The lowest BCUT2D eigenvalue weighted by Crippen LogP contribution is -2.54. The molecule has 0 aromatic carbocycles. The largest absolute Gasteiger partial charge is 0.310 e. The molecule has 0 aliphatic heterocycles. The number of Topliss-reactive ketones (excluding diaryl/α,β-unsaturated/α-hetero) is 1. The van der Waals surface area contributed by atoms with Gasteiger partial charge in [-0.3, -0.25) is 4.79 Å². The molecule has 4 aliphatic rings. The number of allylic oxidation sites excluding steroid dienone is 1. The summed E-state index contributed by atoms with van der Waals surface area (Å²) in [7, 11) is 0. The summed E-state index contributed by atoms with van der Waals surface area (Å²) in [5.74, 6) is 1.47. The van der Waals surface area contributed by atoms with Gasteiger partial charge in [-0.15, -0.1) is 0 Å². The third-order valence-corrected chi connectivity index (χ3v) is 8.18.